The highest BCUT2D eigenvalue weighted by molar-refractivity contribution is 8.13. The Hall–Kier alpha value is -4.39. The number of likely N-dealkylation sites (tertiary alicyclic amines) is 1. The molecule has 0 saturated carbocycles. The number of benzene rings is 4. The number of Topliss-reactive ketones (excluding diaryl/α,β-unsaturated/α-hetero) is 1. The number of methoxy groups -OCH3 is 1. The first-order chi connectivity index (χ1) is 25.0. The van der Waals surface area contributed by atoms with Gasteiger partial charge in [0.25, 0.3) is 0 Å². The summed E-state index contributed by atoms with van der Waals surface area (Å²) in [5, 5.41) is 0.339. The topological polar surface area (TPSA) is 62.2 Å². The average molecular weight is 736 g/mol. The van der Waals surface area contributed by atoms with Crippen molar-refractivity contribution in [1.29, 1.82) is 0 Å². The van der Waals surface area contributed by atoms with Crippen LogP contribution in [0, 0.1) is 17.6 Å². The lowest BCUT2D eigenvalue weighted by Crippen LogP contribution is -2.54. The maximum atomic E-state index is 14.7. The monoisotopic (exact) mass is 735 g/mol. The highest BCUT2D eigenvalue weighted by atomic mass is 32.2. The van der Waals surface area contributed by atoms with E-state index in [1.807, 2.05) is 18.2 Å². The number of piperidine rings is 1. The van der Waals surface area contributed by atoms with Crippen LogP contribution in [0.3, 0.4) is 0 Å². The van der Waals surface area contributed by atoms with Crippen molar-refractivity contribution >= 4 is 34.2 Å². The van der Waals surface area contributed by atoms with E-state index in [1.165, 1.54) is 24.3 Å². The molecule has 0 N–H and O–H groups in total. The molecule has 2 heterocycles. The fraction of sp³-hybridized carbons (Fsp3) is 0.325. The van der Waals surface area contributed by atoms with E-state index in [0.29, 0.717) is 47.0 Å². The van der Waals surface area contributed by atoms with Gasteiger partial charge in [-0.05, 0) is 66.3 Å². The van der Waals surface area contributed by atoms with Crippen molar-refractivity contribution in [2.24, 2.45) is 10.9 Å². The molecule has 272 valence electrons. The maximum absolute atomic E-state index is 14.7. The molecule has 1 saturated heterocycles. The molecule has 12 heteroatoms. The first-order valence-electron chi connectivity index (χ1n) is 17.1. The number of amides is 1. The van der Waals surface area contributed by atoms with Crippen LogP contribution in [-0.4, -0.2) is 59.5 Å². The van der Waals surface area contributed by atoms with Crippen LogP contribution in [0.2, 0.25) is 0 Å². The third kappa shape index (κ3) is 8.46. The van der Waals surface area contributed by atoms with Gasteiger partial charge in [0, 0.05) is 50.0 Å². The molecule has 52 heavy (non-hydrogen) atoms. The molecule has 1 amide bonds. The van der Waals surface area contributed by atoms with Gasteiger partial charge in [0.2, 0.25) is 5.91 Å². The van der Waals surface area contributed by atoms with E-state index in [0.717, 1.165) is 54.9 Å². The number of aliphatic imine (C=N–C) groups is 1. The van der Waals surface area contributed by atoms with Crippen LogP contribution in [-0.2, 0) is 28.0 Å². The normalized spacial score (nSPS) is 17.8. The molecule has 2 unspecified atom stereocenters. The minimum absolute atomic E-state index is 0.000201. The average Bonchev–Trinajstić information content (AvgIpc) is 3.15. The smallest absolute Gasteiger partial charge is 0.383 e. The number of rotatable bonds is 11. The molecule has 4 aromatic rings. The van der Waals surface area contributed by atoms with Gasteiger partial charge in [-0.2, -0.15) is 13.2 Å². The third-order valence-electron chi connectivity index (χ3n) is 9.52. The lowest BCUT2D eigenvalue weighted by Gasteiger charge is -2.43. The van der Waals surface area contributed by atoms with Crippen molar-refractivity contribution in [2.75, 3.05) is 26.8 Å². The zero-order chi connectivity index (χ0) is 36.8. The summed E-state index contributed by atoms with van der Waals surface area (Å²) in [5.41, 5.74) is 2.17. The van der Waals surface area contributed by atoms with Crippen molar-refractivity contribution in [2.45, 2.75) is 50.3 Å². The predicted molar refractivity (Wildman–Crippen MR) is 192 cm³/mol. The minimum Gasteiger partial charge on any atom is -0.383 e. The third-order valence-corrected chi connectivity index (χ3v) is 10.7. The Morgan fingerprint density at radius 3 is 2.38 bits per heavy atom. The molecule has 2 atom stereocenters. The van der Waals surface area contributed by atoms with Gasteiger partial charge >= 0.3 is 6.18 Å². The number of ether oxygens (including phenoxy) is 1. The first-order valence-corrected chi connectivity index (χ1v) is 18.1. The summed E-state index contributed by atoms with van der Waals surface area (Å²) in [6.07, 6.45) is -2.55. The molecule has 1 fully saturated rings. The first kappa shape index (κ1) is 37.4. The quantitative estimate of drug-likeness (QED) is 0.144. The SMILES string of the molecule is COCCN1CCCCC1N(Cc1ccccc1-c1ccc(C(F)(F)F)cc1)C(=O)CC1C(=O)c2ccccc2N=C1SCc1cccc(F)c1F. The molecule has 2 aliphatic rings. The van der Waals surface area contributed by atoms with Gasteiger partial charge in [-0.3, -0.25) is 14.5 Å². The second-order valence-corrected chi connectivity index (χ2v) is 13.8. The summed E-state index contributed by atoms with van der Waals surface area (Å²) < 4.78 is 74.2. The molecule has 0 radical (unpaired) electrons. The predicted octanol–water partition coefficient (Wildman–Crippen LogP) is 9.30. The van der Waals surface area contributed by atoms with E-state index < -0.39 is 29.3 Å². The van der Waals surface area contributed by atoms with Gasteiger partial charge in [0.15, 0.2) is 17.4 Å². The van der Waals surface area contributed by atoms with E-state index in [2.05, 4.69) is 4.90 Å². The molecule has 4 aromatic carbocycles. The second-order valence-electron chi connectivity index (χ2n) is 12.8. The summed E-state index contributed by atoms with van der Waals surface area (Å²) >= 11 is 1.10. The number of carbonyl (C=O) groups excluding carboxylic acids is 2. The van der Waals surface area contributed by atoms with Gasteiger partial charge in [-0.15, -0.1) is 11.8 Å². The van der Waals surface area contributed by atoms with Gasteiger partial charge in [0.05, 0.1) is 35.0 Å². The number of carbonyl (C=O) groups is 2. The van der Waals surface area contributed by atoms with Crippen molar-refractivity contribution in [3.05, 3.63) is 125 Å². The number of hydrogen-bond donors (Lipinski definition) is 0. The summed E-state index contributed by atoms with van der Waals surface area (Å²) in [6.45, 7) is 1.89. The number of ketones is 1. The fourth-order valence-corrected chi connectivity index (χ4v) is 7.89. The Morgan fingerprint density at radius 1 is 0.923 bits per heavy atom. The number of hydrogen-bond acceptors (Lipinski definition) is 6. The van der Waals surface area contributed by atoms with Crippen molar-refractivity contribution in [1.82, 2.24) is 9.80 Å². The molecule has 2 aliphatic heterocycles. The minimum atomic E-state index is -4.48. The van der Waals surface area contributed by atoms with Crippen molar-refractivity contribution in [3.8, 4) is 11.1 Å². The molecule has 0 aromatic heterocycles. The number of nitrogens with zero attached hydrogens (tertiary/aromatic N) is 3. The Bertz CT molecular complexity index is 1930. The number of halogens is 5. The highest BCUT2D eigenvalue weighted by Crippen LogP contribution is 2.37. The Morgan fingerprint density at radius 2 is 1.63 bits per heavy atom. The largest absolute Gasteiger partial charge is 0.416 e. The van der Waals surface area contributed by atoms with Gasteiger partial charge in [-0.25, -0.2) is 13.8 Å². The van der Waals surface area contributed by atoms with E-state index in [9.17, 15) is 31.5 Å². The zero-order valence-electron chi connectivity index (χ0n) is 28.5. The van der Waals surface area contributed by atoms with Crippen LogP contribution in [0.5, 0.6) is 0 Å². The van der Waals surface area contributed by atoms with Crippen LogP contribution < -0.4 is 0 Å². The van der Waals surface area contributed by atoms with Crippen LogP contribution >= 0.6 is 11.8 Å². The van der Waals surface area contributed by atoms with E-state index in [1.54, 1.807) is 42.3 Å². The molecule has 6 nitrogen and oxygen atoms in total. The van der Waals surface area contributed by atoms with E-state index in [4.69, 9.17) is 9.73 Å². The Kier molecular flexibility index (Phi) is 11.9. The maximum Gasteiger partial charge on any atom is 0.416 e. The van der Waals surface area contributed by atoms with Gasteiger partial charge in [-0.1, -0.05) is 60.7 Å². The van der Waals surface area contributed by atoms with Gasteiger partial charge in [0.1, 0.15) is 0 Å². The lowest BCUT2D eigenvalue weighted by atomic mass is 9.91. The summed E-state index contributed by atoms with van der Waals surface area (Å²) in [4.78, 5) is 37.5. The summed E-state index contributed by atoms with van der Waals surface area (Å²) in [6, 6.07) is 23.0. The second kappa shape index (κ2) is 16.5. The number of thioether (sulfide) groups is 1. The number of fused-ring (bicyclic) bond motifs is 1. The van der Waals surface area contributed by atoms with Crippen LogP contribution in [0.4, 0.5) is 27.6 Å². The number of alkyl halides is 3. The zero-order valence-corrected chi connectivity index (χ0v) is 29.4. The molecule has 6 rings (SSSR count). The summed E-state index contributed by atoms with van der Waals surface area (Å²) in [7, 11) is 1.61. The Labute approximate surface area is 303 Å². The van der Waals surface area contributed by atoms with E-state index >= 15 is 0 Å². The van der Waals surface area contributed by atoms with Crippen LogP contribution in [0.25, 0.3) is 11.1 Å². The molecular formula is C40H38F5N3O3S. The molecular weight excluding hydrogens is 698 g/mol. The van der Waals surface area contributed by atoms with Crippen LogP contribution in [0.1, 0.15) is 52.7 Å². The Balaban J connectivity index is 1.34. The van der Waals surface area contributed by atoms with Crippen LogP contribution in [0.15, 0.2) is 96.0 Å². The lowest BCUT2D eigenvalue weighted by molar-refractivity contribution is -0.141. The van der Waals surface area contributed by atoms with Crippen molar-refractivity contribution < 1.29 is 36.3 Å². The molecule has 0 aliphatic carbocycles. The van der Waals surface area contributed by atoms with E-state index in [-0.39, 0.29) is 42.1 Å². The summed E-state index contributed by atoms with van der Waals surface area (Å²) in [5.74, 6) is -3.51. The highest BCUT2D eigenvalue weighted by Gasteiger charge is 2.38. The van der Waals surface area contributed by atoms with Gasteiger partial charge < -0.3 is 9.64 Å². The standard InChI is InChI=1S/C40H38F5N3O3S/c1-51-22-21-47-20-7-6-15-35(47)48(24-27-9-2-3-11-30(27)26-16-18-29(19-17-26)40(43,44)45)36(49)23-32-38(50)31-12-4-5-14-34(31)46-39(32)52-25-28-10-8-13-33(41)37(28)42/h2-5,8-14,16-19,32,35H,6-7,15,20-25H2,1H3. The molecule has 0 bridgehead atoms. The number of para-hydroxylation sites is 1. The van der Waals surface area contributed by atoms with Crippen molar-refractivity contribution in [3.63, 3.8) is 0 Å². The fourth-order valence-electron chi connectivity index (χ4n) is 6.81. The molecule has 0 spiro atoms.